The molecule has 204 valence electrons. The summed E-state index contributed by atoms with van der Waals surface area (Å²) in [6.45, 7) is 28.7. The van der Waals surface area contributed by atoms with Gasteiger partial charge in [0, 0.05) is 33.4 Å². The lowest BCUT2D eigenvalue weighted by Gasteiger charge is -2.13. The summed E-state index contributed by atoms with van der Waals surface area (Å²) in [5.41, 5.74) is 0.557. The highest BCUT2D eigenvalue weighted by Crippen LogP contribution is 2.06. The van der Waals surface area contributed by atoms with E-state index in [1.807, 2.05) is 0 Å². The van der Waals surface area contributed by atoms with Crippen molar-refractivity contribution in [3.05, 3.63) is 72.9 Å². The molecule has 0 unspecified atom stereocenters. The summed E-state index contributed by atoms with van der Waals surface area (Å²) in [7, 11) is 0. The number of carbonyl (C=O) groups excluding carboxylic acids is 6. The van der Waals surface area contributed by atoms with Gasteiger partial charge in [-0.25, -0.2) is 0 Å². The van der Waals surface area contributed by atoms with Crippen LogP contribution in [0.3, 0.4) is 0 Å². The number of rotatable bonds is 12. The third kappa shape index (κ3) is 16.1. The Kier molecular flexibility index (Phi) is 17.0. The summed E-state index contributed by atoms with van der Waals surface area (Å²) < 4.78 is 28.7. The van der Waals surface area contributed by atoms with Gasteiger partial charge in [-0.05, 0) is 41.5 Å². The summed E-state index contributed by atoms with van der Waals surface area (Å²) in [5.74, 6) is -4.83. The maximum Gasteiger partial charge on any atom is 1.20 e. The van der Waals surface area contributed by atoms with Gasteiger partial charge in [0.1, 0.15) is 0 Å². The zero-order chi connectivity index (χ0) is 30.3. The van der Waals surface area contributed by atoms with Crippen LogP contribution in [0.5, 0.6) is 0 Å². The Hall–Kier alpha value is -3.68. The van der Waals surface area contributed by atoms with Crippen molar-refractivity contribution in [1.82, 2.24) is 0 Å². The van der Waals surface area contributed by atoms with Crippen LogP contribution in [0.1, 0.15) is 41.5 Å². The Balaban J connectivity index is 0. The van der Waals surface area contributed by atoms with E-state index in [9.17, 15) is 28.8 Å². The molecular formula is C24H30Al2O12. The molecule has 12 nitrogen and oxygen atoms in total. The maximum atomic E-state index is 11.3. The monoisotopic (exact) mass is 564 g/mol. The fourth-order valence-corrected chi connectivity index (χ4v) is 3.82. The van der Waals surface area contributed by atoms with Crippen molar-refractivity contribution in [2.24, 2.45) is 0 Å². The van der Waals surface area contributed by atoms with Crippen LogP contribution in [0.2, 0.25) is 0 Å². The lowest BCUT2D eigenvalue weighted by atomic mass is 10.4. The minimum Gasteiger partial charge on any atom is -0.547 e. The van der Waals surface area contributed by atoms with Gasteiger partial charge in [-0.15, -0.1) is 0 Å². The first-order valence-electron chi connectivity index (χ1n) is 10.5. The van der Waals surface area contributed by atoms with Gasteiger partial charge in [0.15, 0.2) is 0 Å². The molecule has 0 aromatic heterocycles. The van der Waals surface area contributed by atoms with E-state index in [4.69, 9.17) is 22.7 Å². The number of hydrogen-bond donors (Lipinski definition) is 0. The average molecular weight is 564 g/mol. The molecule has 0 aliphatic carbocycles. The van der Waals surface area contributed by atoms with E-state index >= 15 is 0 Å². The SMILES string of the molecule is C=C(C)C(=O)[O][Al]([O]C(=O)C(=C)C)[O]C(=O)C(=C)C.C=C(C)C(=O)[O][Al]([O]C(=O)C(=C)C)[O]C(=O)C(=C)C. The largest absolute Gasteiger partial charge is 1.20 e. The Morgan fingerprint density at radius 3 is 0.526 bits per heavy atom. The molecule has 0 rings (SSSR count). The van der Waals surface area contributed by atoms with Crippen molar-refractivity contribution in [3.63, 3.8) is 0 Å². The van der Waals surface area contributed by atoms with Gasteiger partial charge in [-0.1, -0.05) is 39.5 Å². The van der Waals surface area contributed by atoms with Crippen molar-refractivity contribution in [2.75, 3.05) is 0 Å². The summed E-state index contributed by atoms with van der Waals surface area (Å²) in [6.07, 6.45) is 0. The van der Waals surface area contributed by atoms with Crippen LogP contribution >= 0.6 is 0 Å². The van der Waals surface area contributed by atoms with Crippen LogP contribution in [0.4, 0.5) is 0 Å². The smallest absolute Gasteiger partial charge is 0.547 e. The number of carbonyl (C=O) groups is 6. The third-order valence-electron chi connectivity index (χ3n) is 3.31. The molecule has 0 aromatic carbocycles. The van der Waals surface area contributed by atoms with Gasteiger partial charge in [0.25, 0.3) is 0 Å². The van der Waals surface area contributed by atoms with Crippen LogP contribution in [-0.2, 0) is 51.5 Å². The molecule has 0 aromatic rings. The normalized spacial score (nSPS) is 9.00. The van der Waals surface area contributed by atoms with Crippen molar-refractivity contribution in [3.8, 4) is 0 Å². The van der Waals surface area contributed by atoms with E-state index in [2.05, 4.69) is 39.5 Å². The molecule has 14 heteroatoms. The molecule has 0 atom stereocenters. The Morgan fingerprint density at radius 1 is 0.342 bits per heavy atom. The van der Waals surface area contributed by atoms with Crippen LogP contribution < -0.4 is 0 Å². The molecule has 0 bridgehead atoms. The predicted molar refractivity (Wildman–Crippen MR) is 137 cm³/mol. The van der Waals surface area contributed by atoms with E-state index in [0.717, 1.165) is 0 Å². The summed E-state index contributed by atoms with van der Waals surface area (Å²) >= 11 is -6.61. The van der Waals surface area contributed by atoms with Gasteiger partial charge in [0.2, 0.25) is 0 Å². The molecule has 0 aliphatic heterocycles. The summed E-state index contributed by atoms with van der Waals surface area (Å²) in [4.78, 5) is 68.0. The predicted octanol–water partition coefficient (Wildman–Crippen LogP) is 2.66. The van der Waals surface area contributed by atoms with E-state index in [1.54, 1.807) is 0 Å². The first kappa shape index (κ1) is 36.5. The van der Waals surface area contributed by atoms with E-state index < -0.39 is 66.1 Å². The van der Waals surface area contributed by atoms with Gasteiger partial charge < -0.3 is 22.7 Å². The first-order valence-corrected chi connectivity index (χ1v) is 13.3. The first-order chi connectivity index (χ1) is 17.3. The molecule has 0 aliphatic rings. The van der Waals surface area contributed by atoms with Crippen LogP contribution in [-0.4, -0.2) is 66.1 Å². The number of hydrogen-bond acceptors (Lipinski definition) is 12. The standard InChI is InChI=1S/6C4H6O2.2Al/c6*1-3(2)4(5)6;;/h6*1H2,2H3,(H,5,6);;/q;;;;;;2*+3/p-6. The molecule has 0 fully saturated rings. The van der Waals surface area contributed by atoms with Crippen LogP contribution in [0.25, 0.3) is 0 Å². The zero-order valence-corrected chi connectivity index (χ0v) is 24.6. The minimum atomic E-state index is -3.31. The fourth-order valence-electron chi connectivity index (χ4n) is 1.27. The Labute approximate surface area is 231 Å². The van der Waals surface area contributed by atoms with Crippen molar-refractivity contribution in [2.45, 2.75) is 41.5 Å². The highest BCUT2D eigenvalue weighted by Gasteiger charge is 2.50. The van der Waals surface area contributed by atoms with Crippen LogP contribution in [0.15, 0.2) is 72.9 Å². The molecule has 0 amide bonds. The van der Waals surface area contributed by atoms with E-state index in [0.29, 0.717) is 0 Å². The third-order valence-corrected chi connectivity index (χ3v) is 5.75. The van der Waals surface area contributed by atoms with Gasteiger partial charge >= 0.3 is 66.1 Å². The van der Waals surface area contributed by atoms with Crippen molar-refractivity contribution < 1.29 is 51.5 Å². The van der Waals surface area contributed by atoms with E-state index in [-0.39, 0.29) is 33.4 Å². The Morgan fingerprint density at radius 2 is 0.447 bits per heavy atom. The fraction of sp³-hybridized carbons (Fsp3) is 0.250. The highest BCUT2D eigenvalue weighted by atomic mass is 27.3. The maximum absolute atomic E-state index is 11.3. The molecule has 0 spiro atoms. The Bertz CT molecular complexity index is 853. The minimum absolute atomic E-state index is 0.0928. The molecule has 0 saturated heterocycles. The summed E-state index contributed by atoms with van der Waals surface area (Å²) in [5, 5.41) is 0. The second-order valence-corrected chi connectivity index (χ2v) is 10.3. The lowest BCUT2D eigenvalue weighted by molar-refractivity contribution is -0.145. The van der Waals surface area contributed by atoms with E-state index in [1.165, 1.54) is 41.5 Å². The van der Waals surface area contributed by atoms with Crippen molar-refractivity contribution >= 4 is 66.1 Å². The molecule has 38 heavy (non-hydrogen) atoms. The molecule has 0 heterocycles. The average Bonchev–Trinajstić information content (AvgIpc) is 2.78. The molecule has 0 radical (unpaired) electrons. The van der Waals surface area contributed by atoms with Crippen LogP contribution in [0, 0.1) is 0 Å². The lowest BCUT2D eigenvalue weighted by Crippen LogP contribution is -2.35. The quantitative estimate of drug-likeness (QED) is 0.252. The molecule has 0 saturated carbocycles. The van der Waals surface area contributed by atoms with Gasteiger partial charge in [-0.2, -0.15) is 0 Å². The zero-order valence-electron chi connectivity index (χ0n) is 22.3. The second kappa shape index (κ2) is 17.7. The second-order valence-electron chi connectivity index (χ2n) is 7.69. The molecular weight excluding hydrogens is 534 g/mol. The van der Waals surface area contributed by atoms with Gasteiger partial charge in [-0.3, -0.25) is 28.8 Å². The van der Waals surface area contributed by atoms with Gasteiger partial charge in [0.05, 0.1) is 0 Å². The van der Waals surface area contributed by atoms with Crippen molar-refractivity contribution in [1.29, 1.82) is 0 Å². The highest BCUT2D eigenvalue weighted by molar-refractivity contribution is 6.46. The summed E-state index contributed by atoms with van der Waals surface area (Å²) in [6, 6.07) is 0. The molecule has 0 N–H and O–H groups in total. The topological polar surface area (TPSA) is 158 Å².